The molecule has 3 nitrogen and oxygen atoms in total. The van der Waals surface area contributed by atoms with Gasteiger partial charge in [-0.05, 0) is 40.1 Å². The fourth-order valence-corrected chi connectivity index (χ4v) is 3.05. The molecule has 0 unspecified atom stereocenters. The highest BCUT2D eigenvalue weighted by Crippen LogP contribution is 2.24. The Hall–Kier alpha value is -3.72. The van der Waals surface area contributed by atoms with Crippen LogP contribution < -0.4 is 5.32 Å². The number of amidine groups is 1. The van der Waals surface area contributed by atoms with Gasteiger partial charge in [-0.2, -0.15) is 0 Å². The van der Waals surface area contributed by atoms with Crippen molar-refractivity contribution < 1.29 is 4.79 Å². The van der Waals surface area contributed by atoms with Crippen molar-refractivity contribution in [3.05, 3.63) is 108 Å². The Morgan fingerprint density at radius 2 is 1.26 bits per heavy atom. The van der Waals surface area contributed by atoms with Crippen LogP contribution in [0.3, 0.4) is 0 Å². The van der Waals surface area contributed by atoms with Gasteiger partial charge in [-0.3, -0.25) is 10.2 Å². The van der Waals surface area contributed by atoms with Crippen molar-refractivity contribution in [1.82, 2.24) is 5.32 Å². The van der Waals surface area contributed by atoms with Gasteiger partial charge < -0.3 is 5.32 Å². The van der Waals surface area contributed by atoms with E-state index in [-0.39, 0.29) is 11.7 Å². The highest BCUT2D eigenvalue weighted by molar-refractivity contribution is 6.11. The summed E-state index contributed by atoms with van der Waals surface area (Å²) < 4.78 is 0. The third-order valence-corrected chi connectivity index (χ3v) is 4.53. The predicted octanol–water partition coefficient (Wildman–Crippen LogP) is 5.26. The fraction of sp³-hybridized carbons (Fsp3) is 0. The molecule has 0 aromatic heterocycles. The Kier molecular flexibility index (Phi) is 4.50. The summed E-state index contributed by atoms with van der Waals surface area (Å²) in [6.07, 6.45) is 0. The zero-order valence-electron chi connectivity index (χ0n) is 14.6. The number of hydrogen-bond donors (Lipinski definition) is 2. The lowest BCUT2D eigenvalue weighted by Crippen LogP contribution is -2.30. The largest absolute Gasteiger partial charge is 0.307 e. The summed E-state index contributed by atoms with van der Waals surface area (Å²) >= 11 is 0. The highest BCUT2D eigenvalue weighted by Gasteiger charge is 2.09. The van der Waals surface area contributed by atoms with Crippen molar-refractivity contribution in [3.63, 3.8) is 0 Å². The van der Waals surface area contributed by atoms with E-state index in [1.807, 2.05) is 42.5 Å². The molecule has 4 aromatic carbocycles. The lowest BCUT2D eigenvalue weighted by atomic mass is 10.00. The number of amides is 1. The zero-order chi connectivity index (χ0) is 18.6. The molecular weight excluding hydrogens is 332 g/mol. The molecule has 130 valence electrons. The quantitative estimate of drug-likeness (QED) is 0.384. The van der Waals surface area contributed by atoms with Crippen LogP contribution in [0, 0.1) is 5.41 Å². The summed E-state index contributed by atoms with van der Waals surface area (Å²) in [7, 11) is 0. The van der Waals surface area contributed by atoms with E-state index in [9.17, 15) is 4.79 Å². The molecule has 0 atom stereocenters. The number of carbonyl (C=O) groups is 1. The summed E-state index contributed by atoms with van der Waals surface area (Å²) in [6, 6.07) is 31.2. The maximum atomic E-state index is 12.4. The highest BCUT2D eigenvalue weighted by atomic mass is 16.1. The first-order valence-corrected chi connectivity index (χ1v) is 8.75. The average molecular weight is 350 g/mol. The van der Waals surface area contributed by atoms with Gasteiger partial charge in [0.2, 0.25) is 0 Å². The van der Waals surface area contributed by atoms with Crippen LogP contribution in [0.2, 0.25) is 0 Å². The topological polar surface area (TPSA) is 53.0 Å². The molecule has 0 aliphatic heterocycles. The van der Waals surface area contributed by atoms with Crippen LogP contribution in [-0.4, -0.2) is 11.7 Å². The van der Waals surface area contributed by atoms with Crippen LogP contribution in [0.25, 0.3) is 21.9 Å². The van der Waals surface area contributed by atoms with Crippen molar-refractivity contribution in [2.75, 3.05) is 0 Å². The molecule has 0 radical (unpaired) electrons. The SMILES string of the molecule is N=C(NC(=O)c1ccc(-c2ccc3ccccc3c2)cc1)c1ccccc1. The normalized spacial score (nSPS) is 10.5. The Morgan fingerprint density at radius 3 is 2.00 bits per heavy atom. The monoisotopic (exact) mass is 350 g/mol. The number of hydrogen-bond acceptors (Lipinski definition) is 2. The molecule has 3 heteroatoms. The van der Waals surface area contributed by atoms with Crippen molar-refractivity contribution in [1.29, 1.82) is 5.41 Å². The first-order valence-electron chi connectivity index (χ1n) is 8.75. The third-order valence-electron chi connectivity index (χ3n) is 4.53. The van der Waals surface area contributed by atoms with E-state index in [2.05, 4.69) is 35.6 Å². The predicted molar refractivity (Wildman–Crippen MR) is 110 cm³/mol. The van der Waals surface area contributed by atoms with Crippen molar-refractivity contribution in [3.8, 4) is 11.1 Å². The zero-order valence-corrected chi connectivity index (χ0v) is 14.6. The van der Waals surface area contributed by atoms with E-state index in [0.29, 0.717) is 11.1 Å². The van der Waals surface area contributed by atoms with Gasteiger partial charge >= 0.3 is 0 Å². The van der Waals surface area contributed by atoms with E-state index in [0.717, 1.165) is 11.1 Å². The maximum absolute atomic E-state index is 12.4. The van der Waals surface area contributed by atoms with Crippen molar-refractivity contribution in [2.45, 2.75) is 0 Å². The molecule has 0 aliphatic rings. The first kappa shape index (κ1) is 16.7. The second-order valence-electron chi connectivity index (χ2n) is 6.33. The number of benzene rings is 4. The van der Waals surface area contributed by atoms with Crippen LogP contribution in [-0.2, 0) is 0 Å². The number of fused-ring (bicyclic) bond motifs is 1. The average Bonchev–Trinajstić information content (AvgIpc) is 2.74. The Labute approximate surface area is 157 Å². The Bertz CT molecular complexity index is 1120. The minimum absolute atomic E-state index is 0.0965. The summed E-state index contributed by atoms with van der Waals surface area (Å²) in [5.41, 5.74) is 3.37. The van der Waals surface area contributed by atoms with Gasteiger partial charge in [0.05, 0.1) is 0 Å². The molecule has 4 aromatic rings. The van der Waals surface area contributed by atoms with E-state index >= 15 is 0 Å². The van der Waals surface area contributed by atoms with Crippen LogP contribution in [0.1, 0.15) is 15.9 Å². The summed E-state index contributed by atoms with van der Waals surface area (Å²) in [5, 5.41) is 13.1. The fourth-order valence-electron chi connectivity index (χ4n) is 3.05. The summed E-state index contributed by atoms with van der Waals surface area (Å²) in [6.45, 7) is 0. The van der Waals surface area contributed by atoms with Gasteiger partial charge in [0.1, 0.15) is 5.84 Å². The molecule has 2 N–H and O–H groups in total. The first-order chi connectivity index (χ1) is 13.2. The molecule has 1 amide bonds. The smallest absolute Gasteiger partial charge is 0.256 e. The molecule has 0 fully saturated rings. The van der Waals surface area contributed by atoms with Gasteiger partial charge in [0, 0.05) is 11.1 Å². The molecule has 27 heavy (non-hydrogen) atoms. The lowest BCUT2D eigenvalue weighted by Gasteiger charge is -2.08. The number of carbonyl (C=O) groups excluding carboxylic acids is 1. The van der Waals surface area contributed by atoms with Crippen LogP contribution >= 0.6 is 0 Å². The van der Waals surface area contributed by atoms with Gasteiger partial charge in [-0.1, -0.05) is 78.9 Å². The van der Waals surface area contributed by atoms with E-state index < -0.39 is 0 Å². The van der Waals surface area contributed by atoms with E-state index in [4.69, 9.17) is 5.41 Å². The molecule has 0 spiro atoms. The number of rotatable bonds is 3. The van der Waals surface area contributed by atoms with Gasteiger partial charge in [0.25, 0.3) is 5.91 Å². The molecule has 0 aliphatic carbocycles. The molecule has 0 heterocycles. The third kappa shape index (κ3) is 3.62. The van der Waals surface area contributed by atoms with Crippen LogP contribution in [0.5, 0.6) is 0 Å². The van der Waals surface area contributed by atoms with Gasteiger partial charge in [0.15, 0.2) is 0 Å². The molecule has 0 bridgehead atoms. The summed E-state index contributed by atoms with van der Waals surface area (Å²) in [5.74, 6) is -0.187. The Morgan fingerprint density at radius 1 is 0.630 bits per heavy atom. The van der Waals surface area contributed by atoms with E-state index in [1.54, 1.807) is 24.3 Å². The minimum atomic E-state index is -0.283. The van der Waals surface area contributed by atoms with Gasteiger partial charge in [-0.25, -0.2) is 0 Å². The van der Waals surface area contributed by atoms with Crippen molar-refractivity contribution in [2.24, 2.45) is 0 Å². The standard InChI is InChI=1S/C24H18N2O/c25-23(19-7-2-1-3-8-19)26-24(27)20-13-10-18(11-14-20)22-15-12-17-6-4-5-9-21(17)16-22/h1-16H,(H2,25,26,27). The molecular formula is C24H18N2O. The van der Waals surface area contributed by atoms with E-state index in [1.165, 1.54) is 10.8 Å². The summed E-state index contributed by atoms with van der Waals surface area (Å²) in [4.78, 5) is 12.4. The molecule has 4 rings (SSSR count). The molecule has 0 saturated carbocycles. The Balaban J connectivity index is 1.52. The van der Waals surface area contributed by atoms with Crippen molar-refractivity contribution >= 4 is 22.5 Å². The van der Waals surface area contributed by atoms with Crippen LogP contribution in [0.15, 0.2) is 97.1 Å². The number of nitrogens with one attached hydrogen (secondary N) is 2. The maximum Gasteiger partial charge on any atom is 0.256 e. The minimum Gasteiger partial charge on any atom is -0.307 e. The lowest BCUT2D eigenvalue weighted by molar-refractivity contribution is 0.0977. The molecule has 0 saturated heterocycles. The van der Waals surface area contributed by atoms with Crippen LogP contribution in [0.4, 0.5) is 0 Å². The second-order valence-corrected chi connectivity index (χ2v) is 6.33. The second kappa shape index (κ2) is 7.26. The van der Waals surface area contributed by atoms with Gasteiger partial charge in [-0.15, -0.1) is 0 Å².